The second-order valence-corrected chi connectivity index (χ2v) is 9.53. The fourth-order valence-electron chi connectivity index (χ4n) is 3.68. The number of aromatic nitrogens is 1. The maximum Gasteiger partial charge on any atom is 0.414 e. The molecule has 4 rings (SSSR count). The van der Waals surface area contributed by atoms with Crippen molar-refractivity contribution >= 4 is 67.8 Å². The summed E-state index contributed by atoms with van der Waals surface area (Å²) < 4.78 is 11.4. The predicted molar refractivity (Wildman–Crippen MR) is 153 cm³/mol. The molecule has 1 aromatic heterocycles. The molecule has 0 atom stereocenters. The van der Waals surface area contributed by atoms with Crippen LogP contribution in [0.25, 0.3) is 10.8 Å². The average molecular weight is 612 g/mol. The molecule has 1 heterocycles. The monoisotopic (exact) mass is 610 g/mol. The minimum atomic E-state index is -0.672. The summed E-state index contributed by atoms with van der Waals surface area (Å²) in [4.78, 5) is 42.9. The SMILES string of the molecule is O=C(Nc1cccc2ccccc12)OCCN(C(=O)OCCNC(=O)c1cncc(Br)c1)c1ccc(Cl)cc1. The van der Waals surface area contributed by atoms with E-state index in [4.69, 9.17) is 21.1 Å². The van der Waals surface area contributed by atoms with E-state index in [1.54, 1.807) is 42.6 Å². The van der Waals surface area contributed by atoms with Crippen molar-refractivity contribution in [3.05, 3.63) is 100 Å². The molecule has 200 valence electrons. The highest BCUT2D eigenvalue weighted by Crippen LogP contribution is 2.23. The Morgan fingerprint density at radius 3 is 2.49 bits per heavy atom. The third-order valence-electron chi connectivity index (χ3n) is 5.51. The number of anilines is 2. The zero-order valence-electron chi connectivity index (χ0n) is 20.6. The van der Waals surface area contributed by atoms with Crippen LogP contribution >= 0.6 is 27.5 Å². The quantitative estimate of drug-likeness (QED) is 0.216. The van der Waals surface area contributed by atoms with E-state index in [0.29, 0.717) is 26.4 Å². The first kappa shape index (κ1) is 27.9. The number of ether oxygens (including phenoxy) is 2. The molecular weight excluding hydrogens is 588 g/mol. The van der Waals surface area contributed by atoms with Crippen molar-refractivity contribution in [3.63, 3.8) is 0 Å². The van der Waals surface area contributed by atoms with Crippen molar-refractivity contribution in [2.24, 2.45) is 0 Å². The Morgan fingerprint density at radius 1 is 0.923 bits per heavy atom. The Bertz CT molecular complexity index is 1460. The number of carbonyl (C=O) groups excluding carboxylic acids is 3. The van der Waals surface area contributed by atoms with Crippen molar-refractivity contribution in [3.8, 4) is 0 Å². The molecule has 39 heavy (non-hydrogen) atoms. The topological polar surface area (TPSA) is 110 Å². The number of nitrogens with zero attached hydrogens (tertiary/aromatic N) is 2. The standard InChI is InChI=1S/C28H24BrClN4O5/c29-21-16-20(17-31-18-21)26(35)32-12-14-39-28(37)34(23-10-8-22(30)9-11-23)13-15-38-27(36)33-25-7-3-5-19-4-1-2-6-24(19)25/h1-11,16-18H,12-15H2,(H,32,35)(H,33,36). The largest absolute Gasteiger partial charge is 0.447 e. The molecule has 0 aliphatic rings. The molecule has 3 amide bonds. The number of hydrogen-bond donors (Lipinski definition) is 2. The first-order valence-electron chi connectivity index (χ1n) is 11.9. The summed E-state index contributed by atoms with van der Waals surface area (Å²) >= 11 is 9.26. The van der Waals surface area contributed by atoms with Crippen LogP contribution in [0.4, 0.5) is 21.0 Å². The Labute approximate surface area is 238 Å². The summed E-state index contributed by atoms with van der Waals surface area (Å²) in [6, 6.07) is 21.4. The zero-order valence-corrected chi connectivity index (χ0v) is 22.9. The summed E-state index contributed by atoms with van der Waals surface area (Å²) in [5.74, 6) is -0.347. The number of carbonyl (C=O) groups is 3. The van der Waals surface area contributed by atoms with Gasteiger partial charge >= 0.3 is 12.2 Å². The maximum absolute atomic E-state index is 12.9. The molecule has 0 radical (unpaired) electrons. The number of fused-ring (bicyclic) bond motifs is 1. The summed E-state index contributed by atoms with van der Waals surface area (Å²) in [7, 11) is 0. The number of nitrogens with one attached hydrogen (secondary N) is 2. The average Bonchev–Trinajstić information content (AvgIpc) is 2.94. The molecule has 4 aromatic rings. The Kier molecular flexibility index (Phi) is 9.71. The lowest BCUT2D eigenvalue weighted by atomic mass is 10.1. The van der Waals surface area contributed by atoms with Gasteiger partial charge in [0.1, 0.15) is 13.2 Å². The number of benzene rings is 3. The fraction of sp³-hybridized carbons (Fsp3) is 0.143. The summed E-state index contributed by atoms with van der Waals surface area (Å²) in [5.41, 5.74) is 1.50. The van der Waals surface area contributed by atoms with Gasteiger partial charge in [0.15, 0.2) is 0 Å². The van der Waals surface area contributed by atoms with Gasteiger partial charge < -0.3 is 14.8 Å². The third kappa shape index (κ3) is 7.92. The van der Waals surface area contributed by atoms with Gasteiger partial charge in [-0.15, -0.1) is 0 Å². The molecule has 9 nitrogen and oxygen atoms in total. The summed E-state index contributed by atoms with van der Waals surface area (Å²) in [6.07, 6.45) is 1.68. The van der Waals surface area contributed by atoms with Crippen LogP contribution in [-0.2, 0) is 9.47 Å². The van der Waals surface area contributed by atoms with Crippen molar-refractivity contribution in [2.45, 2.75) is 0 Å². The molecular formula is C28H24BrClN4O5. The smallest absolute Gasteiger partial charge is 0.414 e. The van der Waals surface area contributed by atoms with Crippen LogP contribution in [0.2, 0.25) is 5.02 Å². The van der Waals surface area contributed by atoms with E-state index in [1.807, 2.05) is 36.4 Å². The van der Waals surface area contributed by atoms with Crippen molar-refractivity contribution in [1.82, 2.24) is 10.3 Å². The molecule has 0 aliphatic heterocycles. The van der Waals surface area contributed by atoms with Gasteiger partial charge in [0.25, 0.3) is 5.91 Å². The van der Waals surface area contributed by atoms with E-state index < -0.39 is 12.2 Å². The van der Waals surface area contributed by atoms with Crippen molar-refractivity contribution < 1.29 is 23.9 Å². The highest BCUT2D eigenvalue weighted by Gasteiger charge is 2.19. The highest BCUT2D eigenvalue weighted by molar-refractivity contribution is 9.10. The van der Waals surface area contributed by atoms with E-state index in [1.165, 1.54) is 11.1 Å². The minimum Gasteiger partial charge on any atom is -0.447 e. The Morgan fingerprint density at radius 2 is 1.69 bits per heavy atom. The van der Waals surface area contributed by atoms with E-state index in [9.17, 15) is 14.4 Å². The summed E-state index contributed by atoms with van der Waals surface area (Å²) in [5, 5.41) is 7.78. The van der Waals surface area contributed by atoms with Gasteiger partial charge in [-0.1, -0.05) is 48.0 Å². The van der Waals surface area contributed by atoms with Gasteiger partial charge in [0.05, 0.1) is 24.3 Å². The van der Waals surface area contributed by atoms with Crippen LogP contribution in [0.1, 0.15) is 10.4 Å². The number of amides is 3. The van der Waals surface area contributed by atoms with Crippen LogP contribution in [0.5, 0.6) is 0 Å². The van der Waals surface area contributed by atoms with Gasteiger partial charge in [-0.2, -0.15) is 0 Å². The molecule has 0 fully saturated rings. The lowest BCUT2D eigenvalue weighted by Gasteiger charge is -2.22. The lowest BCUT2D eigenvalue weighted by Crippen LogP contribution is -2.37. The molecule has 0 saturated carbocycles. The van der Waals surface area contributed by atoms with Gasteiger partial charge in [0.2, 0.25) is 0 Å². The number of halogens is 2. The molecule has 0 unspecified atom stereocenters. The van der Waals surface area contributed by atoms with Gasteiger partial charge in [-0.25, -0.2) is 9.59 Å². The molecule has 2 N–H and O–H groups in total. The van der Waals surface area contributed by atoms with Crippen LogP contribution < -0.4 is 15.5 Å². The fourth-order valence-corrected chi connectivity index (χ4v) is 4.17. The van der Waals surface area contributed by atoms with Crippen LogP contribution in [0, 0.1) is 0 Å². The van der Waals surface area contributed by atoms with Gasteiger partial charge in [0, 0.05) is 33.0 Å². The molecule has 3 aromatic carbocycles. The molecule has 0 aliphatic carbocycles. The van der Waals surface area contributed by atoms with E-state index in [-0.39, 0.29) is 32.2 Å². The molecule has 0 bridgehead atoms. The number of hydrogen-bond acceptors (Lipinski definition) is 6. The molecule has 11 heteroatoms. The van der Waals surface area contributed by atoms with Crippen molar-refractivity contribution in [1.29, 1.82) is 0 Å². The van der Waals surface area contributed by atoms with Crippen molar-refractivity contribution in [2.75, 3.05) is 36.5 Å². The molecule has 0 saturated heterocycles. The zero-order chi connectivity index (χ0) is 27.6. The Balaban J connectivity index is 1.31. The Hall–Kier alpha value is -4.15. The highest BCUT2D eigenvalue weighted by atomic mass is 79.9. The third-order valence-corrected chi connectivity index (χ3v) is 6.20. The van der Waals surface area contributed by atoms with Crippen LogP contribution in [0.3, 0.4) is 0 Å². The normalized spacial score (nSPS) is 10.5. The maximum atomic E-state index is 12.9. The first-order valence-corrected chi connectivity index (χ1v) is 13.1. The first-order chi connectivity index (χ1) is 18.9. The van der Waals surface area contributed by atoms with Gasteiger partial charge in [-0.05, 0) is 57.7 Å². The van der Waals surface area contributed by atoms with Gasteiger partial charge in [-0.3, -0.25) is 20.0 Å². The van der Waals surface area contributed by atoms with Crippen LogP contribution in [0.15, 0.2) is 89.7 Å². The van der Waals surface area contributed by atoms with Crippen LogP contribution in [-0.4, -0.2) is 49.4 Å². The number of pyridine rings is 1. The predicted octanol–water partition coefficient (Wildman–Crippen LogP) is 6.27. The minimum absolute atomic E-state index is 0.0273. The summed E-state index contributed by atoms with van der Waals surface area (Å²) in [6.45, 7) is -0.0472. The van der Waals surface area contributed by atoms with E-state index in [0.717, 1.165) is 10.8 Å². The van der Waals surface area contributed by atoms with E-state index >= 15 is 0 Å². The second-order valence-electron chi connectivity index (χ2n) is 8.18. The van der Waals surface area contributed by atoms with E-state index in [2.05, 4.69) is 31.5 Å². The number of rotatable bonds is 9. The molecule has 0 spiro atoms. The second kappa shape index (κ2) is 13.6. The lowest BCUT2D eigenvalue weighted by molar-refractivity contribution is 0.0935.